The maximum absolute atomic E-state index is 5.47. The summed E-state index contributed by atoms with van der Waals surface area (Å²) in [5, 5.41) is 3.42. The quantitative estimate of drug-likeness (QED) is 0.162. The third-order valence-electron chi connectivity index (χ3n) is 13.0. The van der Waals surface area contributed by atoms with Gasteiger partial charge in [-0.05, 0) is 86.3 Å². The van der Waals surface area contributed by atoms with Gasteiger partial charge in [-0.3, -0.25) is 0 Å². The molecule has 64 heavy (non-hydrogen) atoms. The third-order valence-corrected chi connectivity index (χ3v) is 14.1. The zero-order valence-corrected chi connectivity index (χ0v) is 35.3. The fourth-order valence-electron chi connectivity index (χ4n) is 10.1. The lowest BCUT2D eigenvalue weighted by Gasteiger charge is -2.40. The Morgan fingerprint density at radius 1 is 0.297 bits per heavy atom. The van der Waals surface area contributed by atoms with Crippen molar-refractivity contribution in [3.05, 3.63) is 241 Å². The number of pyridine rings is 1. The summed E-state index contributed by atoms with van der Waals surface area (Å²) in [5.74, 6) is 1.91. The molecular weight excluding hydrogens is 797 g/mol. The Morgan fingerprint density at radius 3 is 1.47 bits per heavy atom. The van der Waals surface area contributed by atoms with Gasteiger partial charge in [0.2, 0.25) is 0 Å². The molecule has 4 nitrogen and oxygen atoms in total. The van der Waals surface area contributed by atoms with Crippen molar-refractivity contribution in [3.8, 4) is 67.7 Å². The molecule has 0 N–H and O–H groups in total. The molecule has 1 spiro atoms. The van der Waals surface area contributed by atoms with Crippen LogP contribution in [0, 0.1) is 0 Å². The van der Waals surface area contributed by atoms with Gasteiger partial charge in [0.1, 0.15) is 0 Å². The smallest absolute Gasteiger partial charge is 0.164 e. The van der Waals surface area contributed by atoms with Crippen molar-refractivity contribution in [2.75, 3.05) is 0 Å². The number of fused-ring (bicyclic) bond motifs is 12. The summed E-state index contributed by atoms with van der Waals surface area (Å²) in [6.07, 6.45) is 0. The van der Waals surface area contributed by atoms with E-state index in [-0.39, 0.29) is 0 Å². The first kappa shape index (κ1) is 36.6. The second kappa shape index (κ2) is 14.6. The fourth-order valence-corrected chi connectivity index (χ4v) is 11.3. The van der Waals surface area contributed by atoms with Crippen LogP contribution in [0.4, 0.5) is 0 Å². The van der Waals surface area contributed by atoms with Crippen LogP contribution >= 0.6 is 11.8 Å². The third kappa shape index (κ3) is 5.64. The van der Waals surface area contributed by atoms with Crippen LogP contribution in [0.2, 0.25) is 0 Å². The summed E-state index contributed by atoms with van der Waals surface area (Å²) in [4.78, 5) is 23.0. The zero-order chi connectivity index (χ0) is 42.2. The molecule has 9 aromatic carbocycles. The summed E-state index contributed by atoms with van der Waals surface area (Å²) in [7, 11) is 0. The van der Waals surface area contributed by atoms with E-state index in [1.807, 2.05) is 72.4 Å². The average Bonchev–Trinajstić information content (AvgIpc) is 3.66. The van der Waals surface area contributed by atoms with Gasteiger partial charge in [0.15, 0.2) is 17.5 Å². The lowest BCUT2D eigenvalue weighted by molar-refractivity contribution is 0.724. The molecular formula is C59H36N4S. The molecule has 0 unspecified atom stereocenters. The van der Waals surface area contributed by atoms with Gasteiger partial charge >= 0.3 is 0 Å². The van der Waals surface area contributed by atoms with Gasteiger partial charge in [0.05, 0.1) is 16.6 Å². The van der Waals surface area contributed by atoms with Crippen molar-refractivity contribution in [2.45, 2.75) is 15.2 Å². The zero-order valence-electron chi connectivity index (χ0n) is 34.5. The van der Waals surface area contributed by atoms with Gasteiger partial charge in [0, 0.05) is 42.8 Å². The van der Waals surface area contributed by atoms with Crippen molar-refractivity contribution >= 4 is 33.4 Å². The molecule has 0 atom stereocenters. The molecule has 298 valence electrons. The van der Waals surface area contributed by atoms with Crippen LogP contribution in [0.25, 0.3) is 89.4 Å². The van der Waals surface area contributed by atoms with E-state index in [0.29, 0.717) is 17.5 Å². The Balaban J connectivity index is 1.04. The van der Waals surface area contributed by atoms with Crippen molar-refractivity contribution in [1.29, 1.82) is 0 Å². The van der Waals surface area contributed by atoms with Gasteiger partial charge in [-0.25, -0.2) is 19.9 Å². The standard InChI is InChI=1S/C59H36N4S/c1-4-17-37(18-5-1)55-47-36-54-51(59(50-29-14-15-30-53(50)64-54)48-27-12-10-25-43(48)44-26-11-13-28-49(44)59)35-45(47)46-34-41(31-32-52(46)60-55)40-23-16-24-42(33-40)58-62-56(38-19-6-2-7-20-38)61-57(63-58)39-21-8-3-9-22-39/h1-36H. The lowest BCUT2D eigenvalue weighted by atomic mass is 9.67. The highest BCUT2D eigenvalue weighted by Gasteiger charge is 2.50. The molecule has 0 saturated carbocycles. The Morgan fingerprint density at radius 2 is 0.812 bits per heavy atom. The van der Waals surface area contributed by atoms with Crippen LogP contribution in [0.15, 0.2) is 228 Å². The van der Waals surface area contributed by atoms with Gasteiger partial charge in [-0.15, -0.1) is 0 Å². The maximum Gasteiger partial charge on any atom is 0.164 e. The molecule has 1 aliphatic carbocycles. The summed E-state index contributed by atoms with van der Waals surface area (Å²) in [6.45, 7) is 0. The Bertz CT molecular complexity index is 3540. The van der Waals surface area contributed by atoms with Gasteiger partial charge in [-0.1, -0.05) is 194 Å². The number of benzene rings is 9. The van der Waals surface area contributed by atoms with E-state index in [4.69, 9.17) is 19.9 Å². The monoisotopic (exact) mass is 832 g/mol. The lowest BCUT2D eigenvalue weighted by Crippen LogP contribution is -2.32. The second-order valence-electron chi connectivity index (χ2n) is 16.5. The topological polar surface area (TPSA) is 51.6 Å². The summed E-state index contributed by atoms with van der Waals surface area (Å²) < 4.78 is 0. The Labute approximate surface area is 375 Å². The van der Waals surface area contributed by atoms with Crippen LogP contribution < -0.4 is 0 Å². The molecule has 5 heteroatoms. The molecule has 0 saturated heterocycles. The first-order valence-corrected chi connectivity index (χ1v) is 22.4. The maximum atomic E-state index is 5.47. The molecule has 0 fully saturated rings. The molecule has 3 heterocycles. The number of rotatable bonds is 5. The summed E-state index contributed by atoms with van der Waals surface area (Å²) in [5.41, 5.74) is 15.4. The van der Waals surface area contributed by atoms with E-state index >= 15 is 0 Å². The Hall–Kier alpha value is -7.99. The number of hydrogen-bond acceptors (Lipinski definition) is 5. The highest BCUT2D eigenvalue weighted by Crippen LogP contribution is 2.62. The minimum atomic E-state index is -0.491. The molecule has 0 radical (unpaired) electrons. The van der Waals surface area contributed by atoms with E-state index < -0.39 is 5.41 Å². The van der Waals surface area contributed by atoms with E-state index in [0.717, 1.165) is 55.4 Å². The van der Waals surface area contributed by atoms with Crippen LogP contribution in [0.3, 0.4) is 0 Å². The fraction of sp³-hybridized carbons (Fsp3) is 0.0169. The van der Waals surface area contributed by atoms with Crippen LogP contribution in [0.1, 0.15) is 22.3 Å². The van der Waals surface area contributed by atoms with E-state index in [1.165, 1.54) is 48.6 Å². The van der Waals surface area contributed by atoms with Crippen LogP contribution in [0.5, 0.6) is 0 Å². The largest absolute Gasteiger partial charge is 0.247 e. The second-order valence-corrected chi connectivity index (χ2v) is 17.6. The molecule has 1 aliphatic heterocycles. The highest BCUT2D eigenvalue weighted by molar-refractivity contribution is 7.99. The Kier molecular flexibility index (Phi) is 8.33. The van der Waals surface area contributed by atoms with E-state index in [2.05, 4.69) is 158 Å². The first-order chi connectivity index (χ1) is 31.7. The van der Waals surface area contributed by atoms with Crippen molar-refractivity contribution in [3.63, 3.8) is 0 Å². The minimum absolute atomic E-state index is 0.491. The molecule has 2 aromatic heterocycles. The minimum Gasteiger partial charge on any atom is -0.247 e. The average molecular weight is 833 g/mol. The molecule has 13 rings (SSSR count). The number of hydrogen-bond donors (Lipinski definition) is 0. The predicted molar refractivity (Wildman–Crippen MR) is 261 cm³/mol. The van der Waals surface area contributed by atoms with Gasteiger partial charge in [-0.2, -0.15) is 0 Å². The molecule has 11 aromatic rings. The van der Waals surface area contributed by atoms with Crippen molar-refractivity contribution < 1.29 is 0 Å². The predicted octanol–water partition coefficient (Wildman–Crippen LogP) is 14.7. The van der Waals surface area contributed by atoms with Crippen LogP contribution in [-0.2, 0) is 5.41 Å². The SMILES string of the molecule is c1ccc(-c2nc(-c3ccccc3)nc(-c3cccc(-c4ccc5nc(-c6ccccc6)c6cc7c(cc6c5c4)C4(c5ccccc5S7)c5ccccc5-c5ccccc54)c3)n2)cc1. The molecule has 0 bridgehead atoms. The van der Waals surface area contributed by atoms with Crippen molar-refractivity contribution in [1.82, 2.24) is 19.9 Å². The highest BCUT2D eigenvalue weighted by atomic mass is 32.2. The number of nitrogens with zero attached hydrogens (tertiary/aromatic N) is 4. The molecule has 2 aliphatic rings. The van der Waals surface area contributed by atoms with E-state index in [1.54, 1.807) is 0 Å². The summed E-state index contributed by atoms with van der Waals surface area (Å²) >= 11 is 1.87. The summed E-state index contributed by atoms with van der Waals surface area (Å²) in [6, 6.07) is 78.1. The number of aromatic nitrogens is 4. The van der Waals surface area contributed by atoms with Gasteiger partial charge < -0.3 is 0 Å². The van der Waals surface area contributed by atoms with Crippen molar-refractivity contribution in [2.24, 2.45) is 0 Å². The normalized spacial score (nSPS) is 13.1. The molecule has 0 amide bonds. The first-order valence-electron chi connectivity index (χ1n) is 21.6. The van der Waals surface area contributed by atoms with Gasteiger partial charge in [0.25, 0.3) is 0 Å². The van der Waals surface area contributed by atoms with E-state index in [9.17, 15) is 0 Å². The van der Waals surface area contributed by atoms with Crippen LogP contribution in [-0.4, -0.2) is 19.9 Å².